The van der Waals surface area contributed by atoms with E-state index in [1.165, 1.54) is 12.1 Å². The maximum atomic E-state index is 12.1. The minimum absolute atomic E-state index is 0.00672. The molecule has 2 aromatic carbocycles. The lowest BCUT2D eigenvalue weighted by molar-refractivity contribution is 0.0946. The highest BCUT2D eigenvalue weighted by Crippen LogP contribution is 2.33. The van der Waals surface area contributed by atoms with Crippen LogP contribution < -0.4 is 16.0 Å². The van der Waals surface area contributed by atoms with E-state index in [4.69, 9.17) is 5.73 Å². The molecule has 0 spiro atoms. The first kappa shape index (κ1) is 22.4. The Morgan fingerprint density at radius 2 is 1.76 bits per heavy atom. The second-order valence-electron chi connectivity index (χ2n) is 9.94. The van der Waals surface area contributed by atoms with Gasteiger partial charge in [0.2, 0.25) is 0 Å². The maximum absolute atomic E-state index is 12.1. The first-order chi connectivity index (χ1) is 16.4. The summed E-state index contributed by atoms with van der Waals surface area (Å²) in [5.41, 5.74) is 13.4. The molecule has 0 bridgehead atoms. The zero-order valence-corrected chi connectivity index (χ0v) is 20.2. The van der Waals surface area contributed by atoms with Crippen LogP contribution in [-0.4, -0.2) is 55.6 Å². The normalized spacial score (nSPS) is 20.2. The summed E-state index contributed by atoms with van der Waals surface area (Å²) < 4.78 is 0. The Labute approximate surface area is 201 Å². The molecule has 1 amide bonds. The van der Waals surface area contributed by atoms with E-state index in [-0.39, 0.29) is 5.91 Å². The number of hydrogen-bond acceptors (Lipinski definition) is 5. The summed E-state index contributed by atoms with van der Waals surface area (Å²) in [6.07, 6.45) is 3.91. The lowest BCUT2D eigenvalue weighted by Crippen LogP contribution is -2.48. The summed E-state index contributed by atoms with van der Waals surface area (Å²) in [7, 11) is 4.35. The summed E-state index contributed by atoms with van der Waals surface area (Å²) >= 11 is 0. The monoisotopic (exact) mass is 455 g/mol. The smallest absolute Gasteiger partial charge is 0.251 e. The quantitative estimate of drug-likeness (QED) is 0.621. The van der Waals surface area contributed by atoms with E-state index in [2.05, 4.69) is 77.5 Å². The van der Waals surface area contributed by atoms with Crippen molar-refractivity contribution in [2.75, 3.05) is 44.4 Å². The van der Waals surface area contributed by atoms with Crippen LogP contribution in [0.15, 0.2) is 54.7 Å². The third kappa shape index (κ3) is 4.38. The SMILES string of the molecule is C[C@@H]1CC(N(C)C)CN(c2ccc(-c3cnc(N)c(-c4ccc5c(c4)CCNC5=O)c3)cc2)C1. The van der Waals surface area contributed by atoms with E-state index < -0.39 is 0 Å². The molecule has 0 radical (unpaired) electrons. The van der Waals surface area contributed by atoms with E-state index >= 15 is 0 Å². The van der Waals surface area contributed by atoms with Crippen molar-refractivity contribution in [3.8, 4) is 22.3 Å². The number of amides is 1. The average Bonchev–Trinajstić information content (AvgIpc) is 2.84. The van der Waals surface area contributed by atoms with Crippen molar-refractivity contribution in [2.24, 2.45) is 5.92 Å². The zero-order chi connectivity index (χ0) is 23.8. The topological polar surface area (TPSA) is 74.5 Å². The molecule has 176 valence electrons. The number of piperidine rings is 1. The predicted octanol–water partition coefficient (Wildman–Crippen LogP) is 4.06. The van der Waals surface area contributed by atoms with Crippen LogP contribution in [0.4, 0.5) is 11.5 Å². The van der Waals surface area contributed by atoms with Crippen molar-refractivity contribution in [1.82, 2.24) is 15.2 Å². The third-order valence-corrected chi connectivity index (χ3v) is 7.19. The highest BCUT2D eigenvalue weighted by Gasteiger charge is 2.26. The van der Waals surface area contributed by atoms with Crippen molar-refractivity contribution in [2.45, 2.75) is 25.8 Å². The van der Waals surface area contributed by atoms with Crippen LogP contribution in [0.5, 0.6) is 0 Å². The van der Waals surface area contributed by atoms with E-state index in [0.717, 1.165) is 52.9 Å². The highest BCUT2D eigenvalue weighted by molar-refractivity contribution is 5.97. The molecule has 2 atom stereocenters. The van der Waals surface area contributed by atoms with Crippen LogP contribution in [0, 0.1) is 5.92 Å². The molecular weight excluding hydrogens is 422 g/mol. The summed E-state index contributed by atoms with van der Waals surface area (Å²) in [6.45, 7) is 5.15. The van der Waals surface area contributed by atoms with Gasteiger partial charge in [-0.15, -0.1) is 0 Å². The number of nitrogens with one attached hydrogen (secondary N) is 1. The van der Waals surface area contributed by atoms with Crippen LogP contribution in [0.2, 0.25) is 0 Å². The number of benzene rings is 2. The number of fused-ring (bicyclic) bond motifs is 1. The fraction of sp³-hybridized carbons (Fsp3) is 0.357. The van der Waals surface area contributed by atoms with Gasteiger partial charge in [0.1, 0.15) is 5.82 Å². The van der Waals surface area contributed by atoms with E-state index in [0.29, 0.717) is 24.3 Å². The molecule has 5 rings (SSSR count). The fourth-order valence-corrected chi connectivity index (χ4v) is 5.23. The van der Waals surface area contributed by atoms with Gasteiger partial charge in [-0.2, -0.15) is 0 Å². The Bertz CT molecular complexity index is 1200. The van der Waals surface area contributed by atoms with E-state index in [9.17, 15) is 4.79 Å². The minimum atomic E-state index is -0.00672. The first-order valence-corrected chi connectivity index (χ1v) is 12.1. The Kier molecular flexibility index (Phi) is 6.00. The van der Waals surface area contributed by atoms with Gasteiger partial charge in [0.15, 0.2) is 0 Å². The molecule has 6 nitrogen and oxygen atoms in total. The van der Waals surface area contributed by atoms with Crippen molar-refractivity contribution >= 4 is 17.4 Å². The molecule has 1 saturated heterocycles. The number of anilines is 2. The highest BCUT2D eigenvalue weighted by atomic mass is 16.1. The zero-order valence-electron chi connectivity index (χ0n) is 20.2. The van der Waals surface area contributed by atoms with Crippen molar-refractivity contribution in [3.05, 3.63) is 65.9 Å². The number of carbonyl (C=O) groups is 1. The Morgan fingerprint density at radius 3 is 2.53 bits per heavy atom. The van der Waals surface area contributed by atoms with Gasteiger partial charge in [0.05, 0.1) is 0 Å². The molecule has 1 fully saturated rings. The molecule has 1 aromatic heterocycles. The Morgan fingerprint density at radius 1 is 1.00 bits per heavy atom. The fourth-order valence-electron chi connectivity index (χ4n) is 5.23. The van der Waals surface area contributed by atoms with Gasteiger partial charge in [0, 0.05) is 54.3 Å². The molecular formula is C28H33N5O. The second kappa shape index (κ2) is 9.11. The molecule has 0 aliphatic carbocycles. The summed E-state index contributed by atoms with van der Waals surface area (Å²) in [5.74, 6) is 1.16. The van der Waals surface area contributed by atoms with Crippen LogP contribution in [-0.2, 0) is 6.42 Å². The molecule has 34 heavy (non-hydrogen) atoms. The second-order valence-corrected chi connectivity index (χ2v) is 9.94. The lowest BCUT2D eigenvalue weighted by Gasteiger charge is -2.40. The number of aromatic nitrogens is 1. The number of nitrogens with two attached hydrogens (primary N) is 1. The standard InChI is InChI=1S/C28H33N5O/c1-18-12-24(32(2)3)17-33(16-18)23-7-4-19(5-8-23)22-14-26(27(29)31-15-22)20-6-9-25-21(13-20)10-11-30-28(25)34/h4-9,13-15,18,24H,10-12,16-17H2,1-3H3,(H2,29,31)(H,30,34)/t18-,24?/m1/s1. The van der Waals surface area contributed by atoms with Gasteiger partial charge < -0.3 is 20.9 Å². The van der Waals surface area contributed by atoms with Crippen LogP contribution in [0.1, 0.15) is 29.3 Å². The number of likely N-dealkylation sites (N-methyl/N-ethyl adjacent to an activating group) is 1. The number of pyridine rings is 1. The molecule has 0 saturated carbocycles. The van der Waals surface area contributed by atoms with Gasteiger partial charge in [-0.05, 0) is 73.8 Å². The van der Waals surface area contributed by atoms with Gasteiger partial charge in [-0.25, -0.2) is 4.98 Å². The number of carbonyl (C=O) groups excluding carboxylic acids is 1. The first-order valence-electron chi connectivity index (χ1n) is 12.1. The van der Waals surface area contributed by atoms with Gasteiger partial charge >= 0.3 is 0 Å². The van der Waals surface area contributed by atoms with E-state index in [1.807, 2.05) is 18.3 Å². The molecule has 6 heteroatoms. The van der Waals surface area contributed by atoms with Gasteiger partial charge in [-0.3, -0.25) is 4.79 Å². The van der Waals surface area contributed by atoms with Crippen LogP contribution >= 0.6 is 0 Å². The number of hydrogen-bond donors (Lipinski definition) is 2. The third-order valence-electron chi connectivity index (χ3n) is 7.19. The van der Waals surface area contributed by atoms with E-state index in [1.54, 1.807) is 0 Å². The molecule has 3 aromatic rings. The molecule has 3 N–H and O–H groups in total. The molecule has 1 unspecified atom stereocenters. The number of nitrogens with zero attached hydrogens (tertiary/aromatic N) is 3. The predicted molar refractivity (Wildman–Crippen MR) is 139 cm³/mol. The summed E-state index contributed by atoms with van der Waals surface area (Å²) in [5, 5.41) is 2.90. The summed E-state index contributed by atoms with van der Waals surface area (Å²) in [6, 6.07) is 17.4. The minimum Gasteiger partial charge on any atom is -0.383 e. The van der Waals surface area contributed by atoms with Crippen LogP contribution in [0.25, 0.3) is 22.3 Å². The maximum Gasteiger partial charge on any atom is 0.251 e. The van der Waals surface area contributed by atoms with Gasteiger partial charge in [-0.1, -0.05) is 31.2 Å². The van der Waals surface area contributed by atoms with Crippen LogP contribution in [0.3, 0.4) is 0 Å². The van der Waals surface area contributed by atoms with Crippen molar-refractivity contribution in [1.29, 1.82) is 0 Å². The Hall–Kier alpha value is -3.38. The van der Waals surface area contributed by atoms with Crippen molar-refractivity contribution in [3.63, 3.8) is 0 Å². The number of rotatable bonds is 4. The molecule has 2 aliphatic rings. The average molecular weight is 456 g/mol. The molecule has 2 aliphatic heterocycles. The largest absolute Gasteiger partial charge is 0.383 e. The number of nitrogen functional groups attached to an aromatic ring is 1. The lowest BCUT2D eigenvalue weighted by atomic mass is 9.93. The van der Waals surface area contributed by atoms with Gasteiger partial charge in [0.25, 0.3) is 5.91 Å². The molecule has 3 heterocycles. The Balaban J connectivity index is 1.41. The van der Waals surface area contributed by atoms with Crippen molar-refractivity contribution < 1.29 is 4.79 Å². The summed E-state index contributed by atoms with van der Waals surface area (Å²) in [4.78, 5) is 21.4.